The fraction of sp³-hybridized carbons (Fsp3) is 0.444. The van der Waals surface area contributed by atoms with Crippen molar-refractivity contribution in [1.82, 2.24) is 29.7 Å². The molecule has 0 aliphatic rings. The van der Waals surface area contributed by atoms with Gasteiger partial charge < -0.3 is 10.6 Å². The number of aromatic nitrogens is 6. The molecule has 0 saturated carbocycles. The molecule has 0 saturated heterocycles. The van der Waals surface area contributed by atoms with Crippen molar-refractivity contribution >= 4 is 23.7 Å². The Bertz CT molecular complexity index is 633. The molecule has 0 amide bonds. The molecule has 0 radical (unpaired) electrons. The van der Waals surface area contributed by atoms with E-state index < -0.39 is 0 Å². The molecule has 102 valence electrons. The first-order valence-corrected chi connectivity index (χ1v) is 6.34. The Kier molecular flexibility index (Phi) is 3.69. The average Bonchev–Trinajstić information content (AvgIpc) is 2.69. The van der Waals surface area contributed by atoms with Crippen molar-refractivity contribution in [1.29, 1.82) is 0 Å². The van der Waals surface area contributed by atoms with Gasteiger partial charge in [0.15, 0.2) is 5.16 Å². The van der Waals surface area contributed by atoms with E-state index in [1.165, 1.54) is 4.57 Å². The molecule has 0 atom stereocenters. The average molecular weight is 282 g/mol. The molecular formula is C9H14N8OS. The molecular weight excluding hydrogens is 268 g/mol. The van der Waals surface area contributed by atoms with Gasteiger partial charge in [-0.1, -0.05) is 0 Å². The van der Waals surface area contributed by atoms with Crippen LogP contribution in [-0.4, -0.2) is 43.8 Å². The van der Waals surface area contributed by atoms with Crippen molar-refractivity contribution in [3.05, 3.63) is 10.5 Å². The zero-order valence-corrected chi connectivity index (χ0v) is 11.6. The first-order chi connectivity index (χ1) is 9.01. The topological polar surface area (TPSA) is 119 Å². The molecule has 3 N–H and O–H groups in total. The molecule has 19 heavy (non-hydrogen) atoms. The van der Waals surface area contributed by atoms with Crippen molar-refractivity contribution in [2.45, 2.75) is 23.8 Å². The number of H-pyrrole nitrogens is 1. The highest BCUT2D eigenvalue weighted by atomic mass is 32.2. The van der Waals surface area contributed by atoms with Crippen molar-refractivity contribution < 1.29 is 0 Å². The summed E-state index contributed by atoms with van der Waals surface area (Å²) in [5.74, 6) is 0.582. The normalized spacial score (nSPS) is 10.7. The number of rotatable bonds is 4. The van der Waals surface area contributed by atoms with E-state index >= 15 is 0 Å². The number of nitrogens with zero attached hydrogens (tertiary/aromatic N) is 6. The molecule has 0 unspecified atom stereocenters. The van der Waals surface area contributed by atoms with Gasteiger partial charge in [-0.05, 0) is 18.7 Å². The van der Waals surface area contributed by atoms with Crippen molar-refractivity contribution in [2.75, 3.05) is 24.7 Å². The van der Waals surface area contributed by atoms with Crippen LogP contribution in [0.25, 0.3) is 0 Å². The minimum atomic E-state index is -0.264. The Morgan fingerprint density at radius 3 is 2.74 bits per heavy atom. The zero-order chi connectivity index (χ0) is 14.0. The lowest BCUT2D eigenvalue weighted by molar-refractivity contribution is 0.659. The van der Waals surface area contributed by atoms with E-state index in [0.29, 0.717) is 22.8 Å². The van der Waals surface area contributed by atoms with Crippen molar-refractivity contribution in [3.63, 3.8) is 0 Å². The van der Waals surface area contributed by atoms with Crippen molar-refractivity contribution in [3.8, 4) is 0 Å². The third-order valence-corrected chi connectivity index (χ3v) is 3.10. The maximum absolute atomic E-state index is 11.4. The van der Waals surface area contributed by atoms with Crippen LogP contribution in [0.15, 0.2) is 15.1 Å². The molecule has 2 heterocycles. The number of aromatic amines is 1. The fourth-order valence-electron chi connectivity index (χ4n) is 1.35. The van der Waals surface area contributed by atoms with E-state index in [9.17, 15) is 4.79 Å². The summed E-state index contributed by atoms with van der Waals surface area (Å²) in [5, 5.41) is 7.19. The van der Waals surface area contributed by atoms with Crippen LogP contribution in [0, 0.1) is 0 Å². The van der Waals surface area contributed by atoms with Crippen LogP contribution in [0.5, 0.6) is 0 Å². The lowest BCUT2D eigenvalue weighted by atomic mass is 10.7. The van der Waals surface area contributed by atoms with E-state index in [1.54, 1.807) is 19.0 Å². The standard InChI is InChI=1S/C9H14N8OS/c1-4-17-8(18)14-15-9(17)19-7-12-5(10)11-6(13-7)16(2)3/h4H2,1-3H3,(H,14,18)(H2,10,11,12,13). The second kappa shape index (κ2) is 5.26. The molecule has 10 heteroatoms. The highest BCUT2D eigenvalue weighted by Gasteiger charge is 2.13. The summed E-state index contributed by atoms with van der Waals surface area (Å²) in [4.78, 5) is 25.4. The summed E-state index contributed by atoms with van der Waals surface area (Å²) in [6, 6.07) is 0. The van der Waals surface area contributed by atoms with Gasteiger partial charge in [0, 0.05) is 20.6 Å². The van der Waals surface area contributed by atoms with Gasteiger partial charge in [-0.25, -0.2) is 9.89 Å². The number of nitrogens with two attached hydrogens (primary N) is 1. The maximum Gasteiger partial charge on any atom is 0.343 e. The SMILES string of the molecule is CCn1c(Sc2nc(N)nc(N(C)C)n2)n[nH]c1=O. The molecule has 0 aliphatic heterocycles. The quantitative estimate of drug-likeness (QED) is 0.775. The molecule has 0 bridgehead atoms. The van der Waals surface area contributed by atoms with Gasteiger partial charge in [0.05, 0.1) is 0 Å². The molecule has 0 fully saturated rings. The minimum Gasteiger partial charge on any atom is -0.368 e. The number of hydrogen-bond acceptors (Lipinski definition) is 8. The second-order valence-corrected chi connectivity index (χ2v) is 4.76. The molecule has 2 aromatic rings. The monoisotopic (exact) mass is 282 g/mol. The predicted octanol–water partition coefficient (Wildman–Crippen LogP) is -0.424. The van der Waals surface area contributed by atoms with E-state index in [1.807, 2.05) is 6.92 Å². The van der Waals surface area contributed by atoms with Gasteiger partial charge in [-0.2, -0.15) is 15.0 Å². The Morgan fingerprint density at radius 1 is 1.37 bits per heavy atom. The first kappa shape index (κ1) is 13.3. The Balaban J connectivity index is 2.35. The number of nitrogen functional groups attached to an aromatic ring is 1. The number of nitrogens with one attached hydrogen (secondary N) is 1. The predicted molar refractivity (Wildman–Crippen MR) is 71.2 cm³/mol. The van der Waals surface area contributed by atoms with Crippen LogP contribution in [0.4, 0.5) is 11.9 Å². The van der Waals surface area contributed by atoms with Crippen molar-refractivity contribution in [2.24, 2.45) is 0 Å². The first-order valence-electron chi connectivity index (χ1n) is 5.53. The van der Waals surface area contributed by atoms with E-state index in [-0.39, 0.29) is 11.6 Å². The fourth-order valence-corrected chi connectivity index (χ4v) is 2.19. The molecule has 0 aromatic carbocycles. The van der Waals surface area contributed by atoms with Gasteiger partial charge >= 0.3 is 5.69 Å². The van der Waals surface area contributed by atoms with Gasteiger partial charge in [-0.15, -0.1) is 5.10 Å². The minimum absolute atomic E-state index is 0.127. The van der Waals surface area contributed by atoms with Gasteiger partial charge in [0.1, 0.15) is 0 Å². The Morgan fingerprint density at radius 2 is 2.11 bits per heavy atom. The smallest absolute Gasteiger partial charge is 0.343 e. The van der Waals surface area contributed by atoms with Crippen LogP contribution in [0.1, 0.15) is 6.92 Å². The van der Waals surface area contributed by atoms with Gasteiger partial charge in [-0.3, -0.25) is 4.57 Å². The lowest BCUT2D eigenvalue weighted by Crippen LogP contribution is -2.17. The maximum atomic E-state index is 11.4. The Labute approximate surface area is 113 Å². The molecule has 2 aromatic heterocycles. The summed E-state index contributed by atoms with van der Waals surface area (Å²) >= 11 is 1.16. The number of anilines is 2. The van der Waals surface area contributed by atoms with Crippen LogP contribution >= 0.6 is 11.8 Å². The molecule has 2 rings (SSSR count). The summed E-state index contributed by atoms with van der Waals surface area (Å²) in [6.45, 7) is 2.37. The summed E-state index contributed by atoms with van der Waals surface area (Å²) in [5.41, 5.74) is 5.36. The molecule has 0 spiro atoms. The zero-order valence-electron chi connectivity index (χ0n) is 10.8. The van der Waals surface area contributed by atoms with E-state index in [2.05, 4.69) is 25.1 Å². The third-order valence-electron chi connectivity index (χ3n) is 2.24. The van der Waals surface area contributed by atoms with E-state index in [4.69, 9.17) is 5.73 Å². The highest BCUT2D eigenvalue weighted by Crippen LogP contribution is 2.23. The molecule has 0 aliphatic carbocycles. The second-order valence-electron chi connectivity index (χ2n) is 3.83. The lowest BCUT2D eigenvalue weighted by Gasteiger charge is -2.10. The van der Waals surface area contributed by atoms with Gasteiger partial charge in [0.25, 0.3) is 0 Å². The summed E-state index contributed by atoms with van der Waals surface area (Å²) in [6.07, 6.45) is 0. The van der Waals surface area contributed by atoms with Crippen LogP contribution < -0.4 is 16.3 Å². The summed E-state index contributed by atoms with van der Waals surface area (Å²) in [7, 11) is 3.61. The van der Waals surface area contributed by atoms with Crippen LogP contribution in [0.2, 0.25) is 0 Å². The summed E-state index contributed by atoms with van der Waals surface area (Å²) < 4.78 is 1.49. The Hall–Kier alpha value is -2.10. The van der Waals surface area contributed by atoms with Crippen LogP contribution in [-0.2, 0) is 6.54 Å². The largest absolute Gasteiger partial charge is 0.368 e. The number of hydrogen-bond donors (Lipinski definition) is 2. The van der Waals surface area contributed by atoms with Gasteiger partial charge in [0.2, 0.25) is 17.1 Å². The third kappa shape index (κ3) is 2.84. The van der Waals surface area contributed by atoms with Crippen LogP contribution in [0.3, 0.4) is 0 Å². The van der Waals surface area contributed by atoms with E-state index in [0.717, 1.165) is 11.8 Å². The molecule has 9 nitrogen and oxygen atoms in total. The highest BCUT2D eigenvalue weighted by molar-refractivity contribution is 7.99.